The molecule has 0 aliphatic heterocycles. The average Bonchev–Trinajstić information content (AvgIpc) is 1.80. The first-order valence-corrected chi connectivity index (χ1v) is 3.30. The SMILES string of the molecule is Cl.Cl.Nc1ccc(Br)cc1N. The molecule has 11 heavy (non-hydrogen) atoms. The Morgan fingerprint density at radius 3 is 1.91 bits per heavy atom. The van der Waals surface area contributed by atoms with Crippen molar-refractivity contribution >= 4 is 52.1 Å². The van der Waals surface area contributed by atoms with E-state index >= 15 is 0 Å². The maximum atomic E-state index is 5.47. The summed E-state index contributed by atoms with van der Waals surface area (Å²) in [5.41, 5.74) is 12.1. The second-order valence-electron chi connectivity index (χ2n) is 1.77. The van der Waals surface area contributed by atoms with Crippen molar-refractivity contribution in [2.45, 2.75) is 0 Å². The third-order valence-corrected chi connectivity index (χ3v) is 1.54. The fourth-order valence-electron chi connectivity index (χ4n) is 0.546. The zero-order chi connectivity index (χ0) is 6.85. The molecule has 2 nitrogen and oxygen atoms in total. The summed E-state index contributed by atoms with van der Waals surface area (Å²) in [5.74, 6) is 0. The summed E-state index contributed by atoms with van der Waals surface area (Å²) >= 11 is 3.26. The first kappa shape index (κ1) is 13.5. The lowest BCUT2D eigenvalue weighted by atomic mass is 10.3. The zero-order valence-corrected chi connectivity index (χ0v) is 8.80. The summed E-state index contributed by atoms with van der Waals surface area (Å²) in [5, 5.41) is 0. The molecule has 0 fully saturated rings. The Morgan fingerprint density at radius 2 is 1.55 bits per heavy atom. The van der Waals surface area contributed by atoms with Gasteiger partial charge in [0, 0.05) is 4.47 Å². The van der Waals surface area contributed by atoms with E-state index in [4.69, 9.17) is 11.5 Å². The third-order valence-electron chi connectivity index (χ3n) is 1.05. The summed E-state index contributed by atoms with van der Waals surface area (Å²) < 4.78 is 0.953. The van der Waals surface area contributed by atoms with E-state index in [0.717, 1.165) is 4.47 Å². The number of hydrogen-bond acceptors (Lipinski definition) is 2. The van der Waals surface area contributed by atoms with E-state index in [9.17, 15) is 0 Å². The minimum Gasteiger partial charge on any atom is -0.397 e. The lowest BCUT2D eigenvalue weighted by molar-refractivity contribution is 1.62. The summed E-state index contributed by atoms with van der Waals surface area (Å²) in [6.07, 6.45) is 0. The van der Waals surface area contributed by atoms with Crippen LogP contribution in [0.5, 0.6) is 0 Å². The smallest absolute Gasteiger partial charge is 0.0559 e. The molecule has 0 radical (unpaired) electrons. The van der Waals surface area contributed by atoms with Crippen LogP contribution in [0.4, 0.5) is 11.4 Å². The zero-order valence-electron chi connectivity index (χ0n) is 5.58. The highest BCUT2D eigenvalue weighted by molar-refractivity contribution is 9.10. The molecule has 0 saturated heterocycles. The monoisotopic (exact) mass is 258 g/mol. The van der Waals surface area contributed by atoms with E-state index in [1.165, 1.54) is 0 Å². The molecule has 0 atom stereocenters. The van der Waals surface area contributed by atoms with Crippen LogP contribution in [-0.2, 0) is 0 Å². The molecular weight excluding hydrogens is 251 g/mol. The molecule has 64 valence electrons. The normalized spacial score (nSPS) is 7.73. The van der Waals surface area contributed by atoms with Gasteiger partial charge in [0.1, 0.15) is 0 Å². The Bertz CT molecular complexity index is 230. The Hall–Kier alpha value is -0.120. The predicted octanol–water partition coefficient (Wildman–Crippen LogP) is 2.46. The van der Waals surface area contributed by atoms with Crippen LogP contribution in [0.1, 0.15) is 0 Å². The molecule has 1 rings (SSSR count). The molecule has 0 bridgehead atoms. The molecule has 1 aromatic carbocycles. The number of benzene rings is 1. The predicted molar refractivity (Wildman–Crippen MR) is 57.5 cm³/mol. The van der Waals surface area contributed by atoms with Crippen molar-refractivity contribution < 1.29 is 0 Å². The van der Waals surface area contributed by atoms with Crippen LogP contribution < -0.4 is 11.5 Å². The van der Waals surface area contributed by atoms with E-state index < -0.39 is 0 Å². The second-order valence-corrected chi connectivity index (χ2v) is 2.69. The molecule has 5 heteroatoms. The largest absolute Gasteiger partial charge is 0.397 e. The number of nitrogen functional groups attached to an aromatic ring is 2. The minimum atomic E-state index is 0. The molecule has 0 unspecified atom stereocenters. The van der Waals surface area contributed by atoms with Crippen LogP contribution in [0.3, 0.4) is 0 Å². The first-order valence-electron chi connectivity index (χ1n) is 2.50. The van der Waals surface area contributed by atoms with Gasteiger partial charge in [-0.3, -0.25) is 0 Å². The van der Waals surface area contributed by atoms with Crippen molar-refractivity contribution in [3.8, 4) is 0 Å². The molecule has 4 N–H and O–H groups in total. The van der Waals surface area contributed by atoms with Crippen LogP contribution >= 0.6 is 40.7 Å². The minimum absolute atomic E-state index is 0. The van der Waals surface area contributed by atoms with E-state index in [2.05, 4.69) is 15.9 Å². The molecule has 0 aliphatic rings. The van der Waals surface area contributed by atoms with Gasteiger partial charge in [-0.2, -0.15) is 0 Å². The highest BCUT2D eigenvalue weighted by Gasteiger charge is 1.91. The second kappa shape index (κ2) is 5.52. The van der Waals surface area contributed by atoms with Crippen LogP contribution in [0.2, 0.25) is 0 Å². The van der Waals surface area contributed by atoms with Gasteiger partial charge in [0.15, 0.2) is 0 Å². The molecule has 0 amide bonds. The van der Waals surface area contributed by atoms with Gasteiger partial charge in [-0.25, -0.2) is 0 Å². The molecule has 0 aromatic heterocycles. The van der Waals surface area contributed by atoms with Crippen molar-refractivity contribution in [1.29, 1.82) is 0 Å². The van der Waals surface area contributed by atoms with Crippen LogP contribution in [0.25, 0.3) is 0 Å². The first-order chi connectivity index (χ1) is 4.20. The quantitative estimate of drug-likeness (QED) is 0.704. The Labute approximate surface area is 86.3 Å². The van der Waals surface area contributed by atoms with Gasteiger partial charge in [-0.15, -0.1) is 24.8 Å². The Morgan fingerprint density at radius 1 is 1.00 bits per heavy atom. The van der Waals surface area contributed by atoms with E-state index in [-0.39, 0.29) is 24.8 Å². The molecule has 0 spiro atoms. The fourth-order valence-corrected chi connectivity index (χ4v) is 0.924. The van der Waals surface area contributed by atoms with Gasteiger partial charge in [0.05, 0.1) is 11.4 Å². The highest BCUT2D eigenvalue weighted by atomic mass is 79.9. The van der Waals surface area contributed by atoms with E-state index in [0.29, 0.717) is 11.4 Å². The molecule has 0 heterocycles. The number of anilines is 2. The lowest BCUT2D eigenvalue weighted by Crippen LogP contribution is -1.92. The van der Waals surface area contributed by atoms with Crippen molar-refractivity contribution in [2.75, 3.05) is 11.5 Å². The standard InChI is InChI=1S/C6H7BrN2.2ClH/c7-4-1-2-5(8)6(9)3-4;;/h1-3H,8-9H2;2*1H. The Balaban J connectivity index is 0. The van der Waals surface area contributed by atoms with Gasteiger partial charge in [0.25, 0.3) is 0 Å². The summed E-state index contributed by atoms with van der Waals surface area (Å²) in [6, 6.07) is 5.39. The van der Waals surface area contributed by atoms with Crippen LogP contribution in [0, 0.1) is 0 Å². The number of rotatable bonds is 0. The number of nitrogens with two attached hydrogens (primary N) is 2. The number of hydrogen-bond donors (Lipinski definition) is 2. The van der Waals surface area contributed by atoms with Gasteiger partial charge in [-0.05, 0) is 18.2 Å². The molecule has 0 saturated carbocycles. The topological polar surface area (TPSA) is 52.0 Å². The maximum absolute atomic E-state index is 5.47. The van der Waals surface area contributed by atoms with Crippen molar-refractivity contribution in [2.24, 2.45) is 0 Å². The molecule has 1 aromatic rings. The number of halogens is 3. The van der Waals surface area contributed by atoms with Crippen molar-refractivity contribution in [1.82, 2.24) is 0 Å². The lowest BCUT2D eigenvalue weighted by Gasteiger charge is -1.97. The van der Waals surface area contributed by atoms with Crippen molar-refractivity contribution in [3.63, 3.8) is 0 Å². The summed E-state index contributed by atoms with van der Waals surface area (Å²) in [7, 11) is 0. The van der Waals surface area contributed by atoms with E-state index in [1.807, 2.05) is 6.07 Å². The van der Waals surface area contributed by atoms with Crippen molar-refractivity contribution in [3.05, 3.63) is 22.7 Å². The van der Waals surface area contributed by atoms with Gasteiger partial charge < -0.3 is 11.5 Å². The van der Waals surface area contributed by atoms with Crippen LogP contribution in [-0.4, -0.2) is 0 Å². The molecular formula is C6H9BrCl2N2. The fraction of sp³-hybridized carbons (Fsp3) is 0. The van der Waals surface area contributed by atoms with Gasteiger partial charge >= 0.3 is 0 Å². The van der Waals surface area contributed by atoms with Crippen LogP contribution in [0.15, 0.2) is 22.7 Å². The average molecular weight is 260 g/mol. The summed E-state index contributed by atoms with van der Waals surface area (Å²) in [4.78, 5) is 0. The molecule has 0 aliphatic carbocycles. The summed E-state index contributed by atoms with van der Waals surface area (Å²) in [6.45, 7) is 0. The highest BCUT2D eigenvalue weighted by Crippen LogP contribution is 2.19. The van der Waals surface area contributed by atoms with E-state index in [1.54, 1.807) is 12.1 Å². The Kier molecular flexibility index (Phi) is 6.76. The van der Waals surface area contributed by atoms with Gasteiger partial charge in [-0.1, -0.05) is 15.9 Å². The maximum Gasteiger partial charge on any atom is 0.0559 e. The third kappa shape index (κ3) is 3.70. The van der Waals surface area contributed by atoms with Gasteiger partial charge in [0.2, 0.25) is 0 Å².